The van der Waals surface area contributed by atoms with Crippen LogP contribution in [0.5, 0.6) is 0 Å². The van der Waals surface area contributed by atoms with Crippen LogP contribution in [0.4, 0.5) is 13.2 Å². The van der Waals surface area contributed by atoms with Crippen molar-refractivity contribution in [1.82, 2.24) is 4.90 Å². The van der Waals surface area contributed by atoms with Crippen molar-refractivity contribution in [3.8, 4) is 0 Å². The van der Waals surface area contributed by atoms with E-state index in [0.29, 0.717) is 12.1 Å². The van der Waals surface area contributed by atoms with Crippen molar-refractivity contribution in [1.29, 1.82) is 0 Å². The van der Waals surface area contributed by atoms with Gasteiger partial charge in [0.25, 0.3) is 0 Å². The number of piperidine rings is 1. The van der Waals surface area contributed by atoms with E-state index in [9.17, 15) is 18.0 Å². The van der Waals surface area contributed by atoms with Gasteiger partial charge >= 0.3 is 12.1 Å². The molecule has 1 unspecified atom stereocenters. The van der Waals surface area contributed by atoms with Gasteiger partial charge in [-0.25, -0.2) is 4.79 Å². The molecule has 2 saturated heterocycles. The van der Waals surface area contributed by atoms with Crippen molar-refractivity contribution in [3.05, 3.63) is 35.4 Å². The van der Waals surface area contributed by atoms with Gasteiger partial charge in [-0.15, -0.1) is 0 Å². The summed E-state index contributed by atoms with van der Waals surface area (Å²) in [5, 5.41) is 0. The second-order valence-electron chi connectivity index (χ2n) is 6.12. The molecule has 2 aliphatic heterocycles. The number of carbonyl (C=O) groups excluding carboxylic acids is 1. The largest absolute Gasteiger partial charge is 0.459 e. The van der Waals surface area contributed by atoms with Gasteiger partial charge in [-0.05, 0) is 44.2 Å². The second kappa shape index (κ2) is 5.57. The zero-order valence-electron chi connectivity index (χ0n) is 12.3. The van der Waals surface area contributed by atoms with Gasteiger partial charge in [0, 0.05) is 24.9 Å². The average molecular weight is 313 g/mol. The first-order valence-corrected chi connectivity index (χ1v) is 7.45. The molecule has 6 heteroatoms. The van der Waals surface area contributed by atoms with Crippen molar-refractivity contribution < 1.29 is 22.7 Å². The van der Waals surface area contributed by atoms with E-state index >= 15 is 0 Å². The number of fused-ring (bicyclic) bond motifs is 2. The fraction of sp³-hybridized carbons (Fsp3) is 0.562. The Morgan fingerprint density at radius 3 is 2.18 bits per heavy atom. The molecule has 2 fully saturated rings. The van der Waals surface area contributed by atoms with E-state index in [-0.39, 0.29) is 11.7 Å². The Morgan fingerprint density at radius 2 is 1.68 bits per heavy atom. The summed E-state index contributed by atoms with van der Waals surface area (Å²) < 4.78 is 43.0. The monoisotopic (exact) mass is 313 g/mol. The third-order valence-electron chi connectivity index (χ3n) is 4.78. The molecular weight excluding hydrogens is 295 g/mol. The molecule has 0 saturated carbocycles. The van der Waals surface area contributed by atoms with Crippen LogP contribution in [0.1, 0.15) is 41.6 Å². The molecule has 2 aliphatic rings. The highest BCUT2D eigenvalue weighted by Crippen LogP contribution is 2.36. The molecule has 2 bridgehead atoms. The fourth-order valence-electron chi connectivity index (χ4n) is 3.47. The number of esters is 1. The third kappa shape index (κ3) is 2.97. The number of carbonyl (C=O) groups is 1. The van der Waals surface area contributed by atoms with E-state index in [4.69, 9.17) is 4.74 Å². The molecule has 22 heavy (non-hydrogen) atoms. The summed E-state index contributed by atoms with van der Waals surface area (Å²) >= 11 is 0. The van der Waals surface area contributed by atoms with Crippen molar-refractivity contribution >= 4 is 5.97 Å². The van der Waals surface area contributed by atoms with Crippen molar-refractivity contribution in [3.63, 3.8) is 0 Å². The Bertz CT molecular complexity index is 542. The summed E-state index contributed by atoms with van der Waals surface area (Å²) in [7, 11) is 2.09. The highest BCUT2D eigenvalue weighted by Gasteiger charge is 2.40. The topological polar surface area (TPSA) is 29.5 Å². The summed E-state index contributed by atoms with van der Waals surface area (Å²) in [6.07, 6.45) is -0.678. The first-order valence-electron chi connectivity index (χ1n) is 7.45. The van der Waals surface area contributed by atoms with Crippen LogP contribution in [0.25, 0.3) is 0 Å². The molecule has 0 spiro atoms. The minimum atomic E-state index is -4.39. The highest BCUT2D eigenvalue weighted by molar-refractivity contribution is 5.89. The molecule has 1 aromatic carbocycles. The van der Waals surface area contributed by atoms with Gasteiger partial charge in [-0.1, -0.05) is 0 Å². The molecule has 0 amide bonds. The summed E-state index contributed by atoms with van der Waals surface area (Å²) in [6.45, 7) is 0. The van der Waals surface area contributed by atoms with Crippen LogP contribution in [-0.2, 0) is 10.9 Å². The van der Waals surface area contributed by atoms with Crippen LogP contribution in [0.2, 0.25) is 0 Å². The maximum atomic E-state index is 12.5. The predicted molar refractivity (Wildman–Crippen MR) is 74.5 cm³/mol. The molecule has 2 heterocycles. The number of halogens is 3. The summed E-state index contributed by atoms with van der Waals surface area (Å²) in [6, 6.07) is 5.07. The number of nitrogens with zero attached hydrogens (tertiary/aromatic N) is 1. The van der Waals surface area contributed by atoms with Gasteiger partial charge < -0.3 is 9.64 Å². The SMILES string of the molecule is CN1[C@@H]2CC[C@H]1CC(OC(=O)c1ccc(C(F)(F)F)cc1)C2. The Hall–Kier alpha value is -1.56. The number of hydrogen-bond donors (Lipinski definition) is 0. The number of benzene rings is 1. The fourth-order valence-corrected chi connectivity index (χ4v) is 3.47. The number of hydrogen-bond acceptors (Lipinski definition) is 3. The van der Waals surface area contributed by atoms with Gasteiger partial charge in [-0.3, -0.25) is 0 Å². The normalized spacial score (nSPS) is 28.6. The van der Waals surface area contributed by atoms with Crippen LogP contribution in [0, 0.1) is 0 Å². The molecular formula is C16H18F3NO2. The molecule has 0 radical (unpaired) electrons. The Balaban J connectivity index is 1.63. The Labute approximate surface area is 127 Å². The van der Waals surface area contributed by atoms with E-state index in [1.807, 2.05) is 0 Å². The van der Waals surface area contributed by atoms with Crippen LogP contribution < -0.4 is 0 Å². The quantitative estimate of drug-likeness (QED) is 0.783. The lowest BCUT2D eigenvalue weighted by Gasteiger charge is -2.35. The summed E-state index contributed by atoms with van der Waals surface area (Å²) in [4.78, 5) is 14.4. The lowest BCUT2D eigenvalue weighted by atomic mass is 10.0. The van der Waals surface area contributed by atoms with E-state index in [2.05, 4.69) is 11.9 Å². The number of ether oxygens (including phenoxy) is 1. The minimum absolute atomic E-state index is 0.136. The van der Waals surface area contributed by atoms with Crippen LogP contribution in [0.15, 0.2) is 24.3 Å². The molecule has 120 valence electrons. The van der Waals surface area contributed by atoms with E-state index in [0.717, 1.165) is 37.8 Å². The van der Waals surface area contributed by atoms with Crippen molar-refractivity contribution in [2.24, 2.45) is 0 Å². The standard InChI is InChI=1S/C16H18F3NO2/c1-20-12-6-7-13(20)9-14(8-12)22-15(21)10-2-4-11(5-3-10)16(17,18)19/h2-5,12-14H,6-9H2,1H3/t12-,13+,14?. The molecule has 0 aliphatic carbocycles. The second-order valence-corrected chi connectivity index (χ2v) is 6.12. The van der Waals surface area contributed by atoms with Gasteiger partial charge in [0.1, 0.15) is 6.10 Å². The smallest absolute Gasteiger partial charge is 0.416 e. The maximum Gasteiger partial charge on any atom is 0.416 e. The highest BCUT2D eigenvalue weighted by atomic mass is 19.4. The maximum absolute atomic E-state index is 12.5. The Kier molecular flexibility index (Phi) is 3.89. The zero-order chi connectivity index (χ0) is 15.9. The lowest BCUT2D eigenvalue weighted by molar-refractivity contribution is -0.137. The van der Waals surface area contributed by atoms with Gasteiger partial charge in [0.05, 0.1) is 11.1 Å². The van der Waals surface area contributed by atoms with Crippen LogP contribution in [0.3, 0.4) is 0 Å². The Morgan fingerprint density at radius 1 is 1.14 bits per heavy atom. The lowest BCUT2D eigenvalue weighted by Crippen LogP contribution is -2.43. The van der Waals surface area contributed by atoms with Crippen LogP contribution in [-0.4, -0.2) is 36.1 Å². The average Bonchev–Trinajstić information content (AvgIpc) is 2.69. The zero-order valence-corrected chi connectivity index (χ0v) is 12.3. The minimum Gasteiger partial charge on any atom is -0.459 e. The van der Waals surface area contributed by atoms with Gasteiger partial charge in [0.2, 0.25) is 0 Å². The van der Waals surface area contributed by atoms with Gasteiger partial charge in [-0.2, -0.15) is 13.2 Å². The van der Waals surface area contributed by atoms with Gasteiger partial charge in [0.15, 0.2) is 0 Å². The van der Waals surface area contributed by atoms with E-state index in [1.54, 1.807) is 0 Å². The number of rotatable bonds is 2. The molecule has 0 N–H and O–H groups in total. The molecule has 1 aromatic rings. The summed E-state index contributed by atoms with van der Waals surface area (Å²) in [5.74, 6) is -0.539. The molecule has 0 aromatic heterocycles. The summed E-state index contributed by atoms with van der Waals surface area (Å²) in [5.41, 5.74) is -0.597. The number of alkyl halides is 3. The van der Waals surface area contributed by atoms with Crippen molar-refractivity contribution in [2.45, 2.75) is 50.0 Å². The predicted octanol–water partition coefficient (Wildman–Crippen LogP) is 3.49. The molecule has 3 rings (SSSR count). The van der Waals surface area contributed by atoms with Crippen LogP contribution >= 0.6 is 0 Å². The van der Waals surface area contributed by atoms with E-state index < -0.39 is 17.7 Å². The first kappa shape index (κ1) is 15.3. The van der Waals surface area contributed by atoms with Crippen molar-refractivity contribution in [2.75, 3.05) is 7.05 Å². The first-order chi connectivity index (χ1) is 10.3. The molecule has 3 atom stereocenters. The molecule has 3 nitrogen and oxygen atoms in total. The van der Waals surface area contributed by atoms with E-state index in [1.165, 1.54) is 12.1 Å². The third-order valence-corrected chi connectivity index (χ3v) is 4.78.